The summed E-state index contributed by atoms with van der Waals surface area (Å²) in [5.41, 5.74) is 0.576. The lowest BCUT2D eigenvalue weighted by molar-refractivity contribution is -0.136. The summed E-state index contributed by atoms with van der Waals surface area (Å²) in [4.78, 5) is 23.2. The Balaban J connectivity index is 2.37. The van der Waals surface area contributed by atoms with Gasteiger partial charge < -0.3 is 15.4 Å². The first-order valence-corrected chi connectivity index (χ1v) is 7.49. The van der Waals surface area contributed by atoms with Crippen molar-refractivity contribution in [3.05, 3.63) is 24.3 Å². The first-order chi connectivity index (χ1) is 10.2. The molecule has 0 aliphatic carbocycles. The van der Waals surface area contributed by atoms with Crippen molar-refractivity contribution in [2.75, 3.05) is 18.5 Å². The molecule has 0 fully saturated rings. The summed E-state index contributed by atoms with van der Waals surface area (Å²) in [7, 11) is 0. The van der Waals surface area contributed by atoms with E-state index in [2.05, 4.69) is 17.6 Å². The van der Waals surface area contributed by atoms with Crippen LogP contribution in [0, 0.1) is 0 Å². The average Bonchev–Trinajstić information content (AvgIpc) is 2.50. The average molecular weight is 292 g/mol. The van der Waals surface area contributed by atoms with Crippen LogP contribution in [0.1, 0.15) is 39.5 Å². The van der Waals surface area contributed by atoms with Crippen molar-refractivity contribution in [2.24, 2.45) is 0 Å². The summed E-state index contributed by atoms with van der Waals surface area (Å²) < 4.78 is 5.45. The van der Waals surface area contributed by atoms with Crippen molar-refractivity contribution >= 4 is 17.5 Å². The number of nitrogens with one attached hydrogen (secondary N) is 2. The molecule has 1 aromatic carbocycles. The normalized spacial score (nSPS) is 10.0. The number of ether oxygens (including phenoxy) is 1. The Morgan fingerprint density at radius 2 is 1.71 bits per heavy atom. The van der Waals surface area contributed by atoms with Crippen molar-refractivity contribution in [1.82, 2.24) is 5.32 Å². The van der Waals surface area contributed by atoms with E-state index in [1.165, 1.54) is 0 Å². The van der Waals surface area contributed by atoms with Crippen LogP contribution in [0.25, 0.3) is 0 Å². The van der Waals surface area contributed by atoms with Crippen LogP contribution in [0.5, 0.6) is 5.75 Å². The predicted molar refractivity (Wildman–Crippen MR) is 83.4 cm³/mol. The highest BCUT2D eigenvalue weighted by molar-refractivity contribution is 6.39. The number of hydrogen-bond donors (Lipinski definition) is 2. The van der Waals surface area contributed by atoms with Crippen LogP contribution in [0.4, 0.5) is 5.69 Å². The Morgan fingerprint density at radius 1 is 1.00 bits per heavy atom. The number of unbranched alkanes of at least 4 members (excludes halogenated alkanes) is 2. The minimum atomic E-state index is -0.645. The number of carbonyl (C=O) groups is 2. The first kappa shape index (κ1) is 17.0. The molecule has 2 amide bonds. The number of amides is 2. The molecule has 21 heavy (non-hydrogen) atoms. The molecular formula is C16H24N2O3. The van der Waals surface area contributed by atoms with Gasteiger partial charge in [0.25, 0.3) is 0 Å². The van der Waals surface area contributed by atoms with Gasteiger partial charge in [-0.25, -0.2) is 0 Å². The first-order valence-electron chi connectivity index (χ1n) is 7.49. The van der Waals surface area contributed by atoms with E-state index in [4.69, 9.17) is 4.74 Å². The van der Waals surface area contributed by atoms with Crippen LogP contribution in [-0.4, -0.2) is 25.0 Å². The van der Waals surface area contributed by atoms with Crippen LogP contribution < -0.4 is 15.4 Å². The van der Waals surface area contributed by atoms with Gasteiger partial charge in [0.2, 0.25) is 0 Å². The Hall–Kier alpha value is -2.04. The molecule has 1 aromatic rings. The summed E-state index contributed by atoms with van der Waals surface area (Å²) in [6, 6.07) is 6.97. The van der Waals surface area contributed by atoms with Gasteiger partial charge in [-0.05, 0) is 37.1 Å². The zero-order valence-electron chi connectivity index (χ0n) is 12.8. The second-order valence-corrected chi connectivity index (χ2v) is 4.79. The van der Waals surface area contributed by atoms with Gasteiger partial charge in [-0.3, -0.25) is 9.59 Å². The molecule has 0 saturated heterocycles. The lowest BCUT2D eigenvalue weighted by Crippen LogP contribution is -2.35. The molecule has 0 bridgehead atoms. The smallest absolute Gasteiger partial charge is 0.313 e. The largest absolute Gasteiger partial charge is 0.494 e. The van der Waals surface area contributed by atoms with E-state index >= 15 is 0 Å². The van der Waals surface area contributed by atoms with Crippen LogP contribution in [0.3, 0.4) is 0 Å². The Morgan fingerprint density at radius 3 is 2.33 bits per heavy atom. The van der Waals surface area contributed by atoms with Gasteiger partial charge in [-0.1, -0.05) is 26.7 Å². The highest BCUT2D eigenvalue weighted by Gasteiger charge is 2.12. The standard InChI is InChI=1S/C16H24N2O3/c1-3-5-6-11-17-15(19)16(20)18-13-7-9-14(10-8-13)21-12-4-2/h7-10H,3-6,11-12H2,1-2H3,(H,17,19)(H,18,20). The Labute approximate surface area is 126 Å². The van der Waals surface area contributed by atoms with Crippen molar-refractivity contribution in [3.63, 3.8) is 0 Å². The minimum absolute atomic E-state index is 0.532. The van der Waals surface area contributed by atoms with Gasteiger partial charge in [0.05, 0.1) is 6.61 Å². The van der Waals surface area contributed by atoms with Gasteiger partial charge in [0, 0.05) is 12.2 Å². The second-order valence-electron chi connectivity index (χ2n) is 4.79. The summed E-state index contributed by atoms with van der Waals surface area (Å²) in [5, 5.41) is 5.16. The van der Waals surface area contributed by atoms with E-state index in [0.717, 1.165) is 31.4 Å². The highest BCUT2D eigenvalue weighted by Crippen LogP contribution is 2.15. The molecule has 116 valence electrons. The SMILES string of the molecule is CCCCCNC(=O)C(=O)Nc1ccc(OCCC)cc1. The van der Waals surface area contributed by atoms with E-state index in [1.54, 1.807) is 24.3 Å². The molecule has 0 aliphatic rings. The fourth-order valence-electron chi connectivity index (χ4n) is 1.70. The van der Waals surface area contributed by atoms with Crippen molar-refractivity contribution < 1.29 is 14.3 Å². The van der Waals surface area contributed by atoms with Crippen LogP contribution in [-0.2, 0) is 9.59 Å². The molecule has 0 heterocycles. The van der Waals surface area contributed by atoms with E-state index in [1.807, 2.05) is 6.92 Å². The number of hydrogen-bond acceptors (Lipinski definition) is 3. The van der Waals surface area contributed by atoms with E-state index in [9.17, 15) is 9.59 Å². The zero-order chi connectivity index (χ0) is 15.5. The van der Waals surface area contributed by atoms with Gasteiger partial charge in [0.1, 0.15) is 5.75 Å². The molecule has 0 unspecified atom stereocenters. The van der Waals surface area contributed by atoms with Crippen molar-refractivity contribution in [2.45, 2.75) is 39.5 Å². The molecule has 2 N–H and O–H groups in total. The van der Waals surface area contributed by atoms with Crippen LogP contribution in [0.15, 0.2) is 24.3 Å². The Kier molecular flexibility index (Phi) is 7.94. The number of carbonyl (C=O) groups excluding carboxylic acids is 2. The fourth-order valence-corrected chi connectivity index (χ4v) is 1.70. The number of rotatable bonds is 8. The fraction of sp³-hybridized carbons (Fsp3) is 0.500. The predicted octanol–water partition coefficient (Wildman–Crippen LogP) is 2.72. The number of benzene rings is 1. The second kappa shape index (κ2) is 9.80. The van der Waals surface area contributed by atoms with Crippen molar-refractivity contribution in [1.29, 1.82) is 0 Å². The summed E-state index contributed by atoms with van der Waals surface area (Å²) in [5.74, 6) is -0.495. The van der Waals surface area contributed by atoms with Gasteiger partial charge in [0.15, 0.2) is 0 Å². The molecule has 0 saturated carbocycles. The quantitative estimate of drug-likeness (QED) is 0.572. The van der Waals surface area contributed by atoms with Gasteiger partial charge in [-0.2, -0.15) is 0 Å². The molecular weight excluding hydrogens is 268 g/mol. The maximum absolute atomic E-state index is 11.7. The summed E-state index contributed by atoms with van der Waals surface area (Å²) in [6.45, 7) is 5.31. The molecule has 1 rings (SSSR count). The van der Waals surface area contributed by atoms with Crippen LogP contribution in [0.2, 0.25) is 0 Å². The molecule has 0 radical (unpaired) electrons. The maximum Gasteiger partial charge on any atom is 0.313 e. The van der Waals surface area contributed by atoms with Gasteiger partial charge in [-0.15, -0.1) is 0 Å². The molecule has 0 spiro atoms. The lowest BCUT2D eigenvalue weighted by atomic mass is 10.2. The minimum Gasteiger partial charge on any atom is -0.494 e. The zero-order valence-corrected chi connectivity index (χ0v) is 12.8. The summed E-state index contributed by atoms with van der Waals surface area (Å²) >= 11 is 0. The van der Waals surface area contributed by atoms with E-state index in [-0.39, 0.29) is 0 Å². The van der Waals surface area contributed by atoms with Crippen LogP contribution >= 0.6 is 0 Å². The third-order valence-electron chi connectivity index (χ3n) is 2.86. The molecule has 0 atom stereocenters. The molecule has 0 aliphatic heterocycles. The number of anilines is 1. The van der Waals surface area contributed by atoms with E-state index in [0.29, 0.717) is 18.8 Å². The topological polar surface area (TPSA) is 67.4 Å². The summed E-state index contributed by atoms with van der Waals surface area (Å²) in [6.07, 6.45) is 3.95. The highest BCUT2D eigenvalue weighted by atomic mass is 16.5. The lowest BCUT2D eigenvalue weighted by Gasteiger charge is -2.08. The van der Waals surface area contributed by atoms with Gasteiger partial charge >= 0.3 is 11.8 Å². The third kappa shape index (κ3) is 6.79. The molecule has 5 heteroatoms. The molecule has 0 aromatic heterocycles. The Bertz CT molecular complexity index is 443. The van der Waals surface area contributed by atoms with E-state index < -0.39 is 11.8 Å². The maximum atomic E-state index is 11.7. The monoisotopic (exact) mass is 292 g/mol. The molecule has 5 nitrogen and oxygen atoms in total. The van der Waals surface area contributed by atoms with Crippen molar-refractivity contribution in [3.8, 4) is 5.75 Å². The third-order valence-corrected chi connectivity index (χ3v) is 2.86.